The Morgan fingerprint density at radius 3 is 2.35 bits per heavy atom. The number of nitrogens with two attached hydrogens (primary N) is 2. The van der Waals surface area contributed by atoms with Crippen molar-refractivity contribution in [2.24, 2.45) is 0 Å². The summed E-state index contributed by atoms with van der Waals surface area (Å²) in [5.41, 5.74) is 18.9. The third-order valence-electron chi connectivity index (χ3n) is 8.79. The van der Waals surface area contributed by atoms with Crippen LogP contribution in [0.2, 0.25) is 0 Å². The lowest BCUT2D eigenvalue weighted by atomic mass is 10.1. The third-order valence-corrected chi connectivity index (χ3v) is 8.79. The average Bonchev–Trinajstić information content (AvgIpc) is 3.86. The molecule has 6 aromatic rings. The normalized spacial score (nSPS) is 14.5. The Balaban J connectivity index is 0.974. The number of ether oxygens (including phenoxy) is 2. The molecule has 13 nitrogen and oxygen atoms in total. The summed E-state index contributed by atoms with van der Waals surface area (Å²) in [7, 11) is 0. The lowest BCUT2D eigenvalue weighted by molar-refractivity contribution is 0.120. The van der Waals surface area contributed by atoms with Gasteiger partial charge in [0.2, 0.25) is 11.9 Å². The monoisotopic (exact) mass is 661 g/mol. The molecule has 49 heavy (non-hydrogen) atoms. The Morgan fingerprint density at radius 2 is 1.61 bits per heavy atom. The van der Waals surface area contributed by atoms with Crippen molar-refractivity contribution in [3.8, 4) is 5.75 Å². The van der Waals surface area contributed by atoms with Gasteiger partial charge in [-0.15, -0.1) is 0 Å². The van der Waals surface area contributed by atoms with Crippen LogP contribution in [0.3, 0.4) is 0 Å². The highest BCUT2D eigenvalue weighted by molar-refractivity contribution is 5.88. The summed E-state index contributed by atoms with van der Waals surface area (Å²) >= 11 is 0. The molecule has 0 aliphatic carbocycles. The number of rotatable bonds is 15. The zero-order chi connectivity index (χ0) is 33.6. The van der Waals surface area contributed by atoms with E-state index >= 15 is 0 Å². The fraction of sp³-hybridized carbons (Fsp3) is 0.361. The SMILES string of the molecule is CCOc1ccccc1Cn1ccc2nc(N)nc(NCCCCc3ccnc(Cn4ccc5nc(N)nc(NCC6CCCO6)c54)c3)c21. The van der Waals surface area contributed by atoms with Crippen LogP contribution < -0.4 is 26.8 Å². The predicted octanol–water partition coefficient (Wildman–Crippen LogP) is 5.26. The van der Waals surface area contributed by atoms with E-state index in [0.717, 1.165) is 96.0 Å². The molecule has 1 atom stereocenters. The van der Waals surface area contributed by atoms with Gasteiger partial charge in [-0.05, 0) is 74.9 Å². The smallest absolute Gasteiger partial charge is 0.222 e. The molecule has 254 valence electrons. The Labute approximate surface area is 285 Å². The van der Waals surface area contributed by atoms with Crippen LogP contribution in [-0.4, -0.2) is 66.5 Å². The summed E-state index contributed by atoms with van der Waals surface area (Å²) in [5, 5.41) is 6.98. The Hall–Kier alpha value is -5.43. The number of unbranched alkanes of at least 4 members (excludes halogenated alkanes) is 1. The summed E-state index contributed by atoms with van der Waals surface area (Å²) in [4.78, 5) is 22.7. The van der Waals surface area contributed by atoms with Crippen LogP contribution in [0.4, 0.5) is 23.5 Å². The number of aryl methyl sites for hydroxylation is 1. The fourth-order valence-corrected chi connectivity index (χ4v) is 6.49. The number of nitrogens with one attached hydrogen (secondary N) is 2. The standard InChI is InChI=1S/C36H43N11O2/c1-2-48-30-11-4-3-9-25(30)22-46-17-13-28-31(46)33(44-35(37)42-28)40-15-6-5-8-24-12-16-39-26(20-24)23-47-18-14-29-32(47)34(45-36(38)43-29)41-21-27-10-7-19-49-27/h3-4,9,11-14,16-18,20,27H,2,5-8,10,15,19,21-23H2,1H3,(H3,37,40,42,44)(H3,38,41,43,45). The lowest BCUT2D eigenvalue weighted by Crippen LogP contribution is -2.20. The number of anilines is 4. The molecule has 6 heterocycles. The van der Waals surface area contributed by atoms with Crippen molar-refractivity contribution in [1.82, 2.24) is 34.1 Å². The molecule has 1 aromatic carbocycles. The zero-order valence-corrected chi connectivity index (χ0v) is 27.8. The second-order valence-electron chi connectivity index (χ2n) is 12.3. The molecule has 0 bridgehead atoms. The first kappa shape index (κ1) is 32.1. The van der Waals surface area contributed by atoms with Gasteiger partial charge in [0, 0.05) is 43.9 Å². The van der Waals surface area contributed by atoms with Gasteiger partial charge in [0.25, 0.3) is 0 Å². The van der Waals surface area contributed by atoms with Gasteiger partial charge in [0.15, 0.2) is 11.6 Å². The maximum Gasteiger partial charge on any atom is 0.222 e. The summed E-state index contributed by atoms with van der Waals surface area (Å²) in [5.74, 6) is 2.84. The van der Waals surface area contributed by atoms with Crippen LogP contribution in [0.5, 0.6) is 5.75 Å². The largest absolute Gasteiger partial charge is 0.494 e. The molecule has 7 rings (SSSR count). The van der Waals surface area contributed by atoms with Gasteiger partial charge in [0.1, 0.15) is 16.8 Å². The molecule has 0 radical (unpaired) electrons. The highest BCUT2D eigenvalue weighted by Crippen LogP contribution is 2.27. The number of hydrogen-bond acceptors (Lipinski definition) is 11. The number of nitrogens with zero attached hydrogens (tertiary/aromatic N) is 7. The zero-order valence-electron chi connectivity index (χ0n) is 27.8. The summed E-state index contributed by atoms with van der Waals surface area (Å²) in [6, 6.07) is 16.3. The number of nitrogen functional groups attached to an aromatic ring is 2. The molecule has 1 aliphatic heterocycles. The molecular weight excluding hydrogens is 618 g/mol. The number of para-hydroxylation sites is 1. The van der Waals surface area contributed by atoms with E-state index in [4.69, 9.17) is 20.9 Å². The number of pyridine rings is 1. The van der Waals surface area contributed by atoms with Crippen molar-refractivity contribution in [3.05, 3.63) is 83.9 Å². The van der Waals surface area contributed by atoms with Gasteiger partial charge >= 0.3 is 0 Å². The summed E-state index contributed by atoms with van der Waals surface area (Å²) in [6.45, 7) is 6.09. The number of fused-ring (bicyclic) bond motifs is 2. The molecule has 0 spiro atoms. The van der Waals surface area contributed by atoms with Crippen molar-refractivity contribution >= 4 is 45.6 Å². The van der Waals surface area contributed by atoms with Crippen LogP contribution in [-0.2, 0) is 24.2 Å². The van der Waals surface area contributed by atoms with Crippen molar-refractivity contribution < 1.29 is 9.47 Å². The van der Waals surface area contributed by atoms with E-state index in [2.05, 4.69) is 62.9 Å². The van der Waals surface area contributed by atoms with Gasteiger partial charge in [-0.1, -0.05) is 18.2 Å². The van der Waals surface area contributed by atoms with E-state index in [9.17, 15) is 0 Å². The van der Waals surface area contributed by atoms with Gasteiger partial charge in [-0.3, -0.25) is 4.98 Å². The van der Waals surface area contributed by atoms with Crippen LogP contribution >= 0.6 is 0 Å². The molecule has 1 aliphatic rings. The molecule has 1 saturated heterocycles. The van der Waals surface area contributed by atoms with Crippen LogP contribution in [0.1, 0.15) is 49.4 Å². The second kappa shape index (κ2) is 14.8. The summed E-state index contributed by atoms with van der Waals surface area (Å²) in [6.07, 6.45) is 11.1. The topological polar surface area (TPSA) is 169 Å². The van der Waals surface area contributed by atoms with Crippen molar-refractivity contribution in [2.75, 3.05) is 48.4 Å². The van der Waals surface area contributed by atoms with Crippen LogP contribution in [0.15, 0.2) is 67.1 Å². The van der Waals surface area contributed by atoms with Gasteiger partial charge in [0.05, 0.1) is 42.5 Å². The lowest BCUT2D eigenvalue weighted by Gasteiger charge is -2.14. The summed E-state index contributed by atoms with van der Waals surface area (Å²) < 4.78 is 15.9. The number of hydrogen-bond donors (Lipinski definition) is 4. The molecule has 0 saturated carbocycles. The van der Waals surface area contributed by atoms with E-state index in [1.54, 1.807) is 0 Å². The second-order valence-corrected chi connectivity index (χ2v) is 12.3. The van der Waals surface area contributed by atoms with Crippen molar-refractivity contribution in [2.45, 2.75) is 58.2 Å². The minimum Gasteiger partial charge on any atom is -0.494 e. The predicted molar refractivity (Wildman–Crippen MR) is 193 cm³/mol. The van der Waals surface area contributed by atoms with Crippen molar-refractivity contribution in [1.29, 1.82) is 0 Å². The van der Waals surface area contributed by atoms with Crippen molar-refractivity contribution in [3.63, 3.8) is 0 Å². The molecule has 6 N–H and O–H groups in total. The molecule has 0 amide bonds. The van der Waals surface area contributed by atoms with Gasteiger partial charge < -0.3 is 40.7 Å². The van der Waals surface area contributed by atoms with Crippen LogP contribution in [0.25, 0.3) is 22.1 Å². The highest BCUT2D eigenvalue weighted by Gasteiger charge is 2.18. The number of aromatic nitrogens is 7. The van der Waals surface area contributed by atoms with E-state index < -0.39 is 0 Å². The maximum absolute atomic E-state index is 6.09. The van der Waals surface area contributed by atoms with E-state index in [-0.39, 0.29) is 18.0 Å². The Bertz CT molecular complexity index is 2030. The first-order chi connectivity index (χ1) is 24.0. The number of benzene rings is 1. The molecule has 5 aromatic heterocycles. The van der Waals surface area contributed by atoms with E-state index in [1.165, 1.54) is 5.56 Å². The minimum atomic E-state index is 0.184. The van der Waals surface area contributed by atoms with Gasteiger partial charge in [-0.25, -0.2) is 9.97 Å². The molecular formula is C36H43N11O2. The Kier molecular flexibility index (Phi) is 9.69. The van der Waals surface area contributed by atoms with E-state index in [0.29, 0.717) is 26.2 Å². The average molecular weight is 662 g/mol. The Morgan fingerprint density at radius 1 is 0.878 bits per heavy atom. The van der Waals surface area contributed by atoms with Gasteiger partial charge in [-0.2, -0.15) is 9.97 Å². The quantitative estimate of drug-likeness (QED) is 0.106. The molecule has 1 fully saturated rings. The molecule has 13 heteroatoms. The third kappa shape index (κ3) is 7.51. The first-order valence-corrected chi connectivity index (χ1v) is 17.0. The highest BCUT2D eigenvalue weighted by atomic mass is 16.5. The fourth-order valence-electron chi connectivity index (χ4n) is 6.49. The van der Waals surface area contributed by atoms with Crippen LogP contribution in [0, 0.1) is 0 Å². The minimum absolute atomic E-state index is 0.184. The maximum atomic E-state index is 6.09. The van der Waals surface area contributed by atoms with E-state index in [1.807, 2.05) is 55.8 Å². The first-order valence-electron chi connectivity index (χ1n) is 17.0. The molecule has 1 unspecified atom stereocenters.